The lowest BCUT2D eigenvalue weighted by atomic mass is 9.98. The average Bonchev–Trinajstić information content (AvgIpc) is 3.28. The molecule has 2 atom stereocenters. The van der Waals surface area contributed by atoms with Crippen molar-refractivity contribution in [3.63, 3.8) is 0 Å². The fourth-order valence-electron chi connectivity index (χ4n) is 3.75. The summed E-state index contributed by atoms with van der Waals surface area (Å²) in [6.07, 6.45) is 3.03. The molecular weight excluding hydrogens is 354 g/mol. The van der Waals surface area contributed by atoms with Crippen LogP contribution in [0.2, 0.25) is 0 Å². The zero-order valence-electron chi connectivity index (χ0n) is 14.4. The molecule has 0 saturated carbocycles. The van der Waals surface area contributed by atoms with E-state index in [0.717, 1.165) is 24.8 Å². The van der Waals surface area contributed by atoms with Crippen molar-refractivity contribution in [3.8, 4) is 11.4 Å². The van der Waals surface area contributed by atoms with Gasteiger partial charge in [-0.15, -0.1) is 0 Å². The highest BCUT2D eigenvalue weighted by Crippen LogP contribution is 2.34. The number of likely N-dealkylation sites (tertiary alicyclic amines) is 1. The van der Waals surface area contributed by atoms with Crippen LogP contribution < -0.4 is 0 Å². The van der Waals surface area contributed by atoms with Gasteiger partial charge in [-0.2, -0.15) is 4.98 Å². The molecule has 2 aliphatic heterocycles. The van der Waals surface area contributed by atoms with Crippen LogP contribution in [0.3, 0.4) is 0 Å². The first-order valence-electron chi connectivity index (χ1n) is 8.93. The Morgan fingerprint density at radius 2 is 1.96 bits per heavy atom. The molecule has 0 radical (unpaired) electrons. The van der Waals surface area contributed by atoms with Gasteiger partial charge in [-0.05, 0) is 25.7 Å². The number of carbonyl (C=O) groups excluding carboxylic acids is 1. The predicted octanol–water partition coefficient (Wildman–Crippen LogP) is 2.22. The summed E-state index contributed by atoms with van der Waals surface area (Å²) in [5.74, 6) is 0.432. The van der Waals surface area contributed by atoms with E-state index in [2.05, 4.69) is 10.1 Å². The number of nitrogens with zero attached hydrogens (tertiary/aromatic N) is 3. The number of hydrogen-bond acceptors (Lipinski definition) is 6. The molecule has 0 N–H and O–H groups in total. The summed E-state index contributed by atoms with van der Waals surface area (Å²) >= 11 is 0. The molecule has 4 rings (SSSR count). The maximum Gasteiger partial charge on any atom is 0.249 e. The van der Waals surface area contributed by atoms with Crippen molar-refractivity contribution in [2.45, 2.75) is 31.7 Å². The number of carbonyl (C=O) groups is 1. The van der Waals surface area contributed by atoms with E-state index in [1.54, 1.807) is 4.90 Å². The number of aromatic nitrogens is 2. The van der Waals surface area contributed by atoms with Gasteiger partial charge in [-0.3, -0.25) is 4.79 Å². The van der Waals surface area contributed by atoms with Crippen LogP contribution in [0.1, 0.15) is 37.6 Å². The summed E-state index contributed by atoms with van der Waals surface area (Å²) in [4.78, 5) is 19.2. The third-order valence-electron chi connectivity index (χ3n) is 5.13. The van der Waals surface area contributed by atoms with E-state index in [4.69, 9.17) is 4.52 Å². The molecule has 138 valence electrons. The first-order valence-corrected chi connectivity index (χ1v) is 10.8. The second-order valence-corrected chi connectivity index (χ2v) is 9.19. The lowest BCUT2D eigenvalue weighted by Gasteiger charge is -2.34. The minimum absolute atomic E-state index is 0.0475. The molecule has 3 heterocycles. The normalized spacial score (nSPS) is 25.3. The second kappa shape index (κ2) is 6.83. The van der Waals surface area contributed by atoms with Crippen LogP contribution in [-0.4, -0.2) is 47.4 Å². The Kier molecular flexibility index (Phi) is 4.52. The Morgan fingerprint density at radius 3 is 2.69 bits per heavy atom. The molecule has 1 amide bonds. The van der Waals surface area contributed by atoms with E-state index in [1.807, 2.05) is 30.3 Å². The van der Waals surface area contributed by atoms with Crippen molar-refractivity contribution >= 4 is 15.7 Å². The predicted molar refractivity (Wildman–Crippen MR) is 94.8 cm³/mol. The summed E-state index contributed by atoms with van der Waals surface area (Å²) in [6, 6.07) is 9.26. The van der Waals surface area contributed by atoms with Gasteiger partial charge in [0.15, 0.2) is 9.84 Å². The van der Waals surface area contributed by atoms with E-state index >= 15 is 0 Å². The minimum Gasteiger partial charge on any atom is -0.337 e. The van der Waals surface area contributed by atoms with E-state index < -0.39 is 15.8 Å². The van der Waals surface area contributed by atoms with Crippen molar-refractivity contribution < 1.29 is 17.7 Å². The monoisotopic (exact) mass is 375 g/mol. The summed E-state index contributed by atoms with van der Waals surface area (Å²) in [5.41, 5.74) is 0.859. The lowest BCUT2D eigenvalue weighted by molar-refractivity contribution is -0.139. The molecule has 0 bridgehead atoms. The number of piperidine rings is 1. The lowest BCUT2D eigenvalue weighted by Crippen LogP contribution is -2.42. The summed E-state index contributed by atoms with van der Waals surface area (Å²) < 4.78 is 28.9. The van der Waals surface area contributed by atoms with Crippen molar-refractivity contribution in [1.29, 1.82) is 0 Å². The van der Waals surface area contributed by atoms with Gasteiger partial charge < -0.3 is 9.42 Å². The third kappa shape index (κ3) is 3.38. The van der Waals surface area contributed by atoms with Gasteiger partial charge in [-0.1, -0.05) is 35.5 Å². The van der Waals surface area contributed by atoms with Gasteiger partial charge in [0.05, 0.1) is 17.4 Å². The fourth-order valence-corrected chi connectivity index (χ4v) is 5.48. The molecule has 1 aromatic heterocycles. The zero-order valence-corrected chi connectivity index (χ0v) is 15.2. The van der Waals surface area contributed by atoms with Crippen LogP contribution in [-0.2, 0) is 14.6 Å². The van der Waals surface area contributed by atoms with E-state index in [-0.39, 0.29) is 23.5 Å². The third-order valence-corrected chi connectivity index (χ3v) is 6.89. The summed E-state index contributed by atoms with van der Waals surface area (Å²) in [6.45, 7) is 0.600. The van der Waals surface area contributed by atoms with E-state index in [9.17, 15) is 13.2 Å². The second-order valence-electron chi connectivity index (χ2n) is 6.97. The van der Waals surface area contributed by atoms with E-state index in [1.165, 1.54) is 0 Å². The highest BCUT2D eigenvalue weighted by molar-refractivity contribution is 7.91. The van der Waals surface area contributed by atoms with Crippen molar-refractivity contribution in [1.82, 2.24) is 15.0 Å². The largest absolute Gasteiger partial charge is 0.337 e. The number of sulfone groups is 1. The maximum atomic E-state index is 12.9. The van der Waals surface area contributed by atoms with Gasteiger partial charge in [0.1, 0.15) is 6.04 Å². The topological polar surface area (TPSA) is 93.4 Å². The summed E-state index contributed by atoms with van der Waals surface area (Å²) in [5, 5.41) is 4.06. The Labute approximate surface area is 152 Å². The molecule has 2 aromatic rings. The number of rotatable bonds is 3. The van der Waals surface area contributed by atoms with Gasteiger partial charge in [-0.25, -0.2) is 8.42 Å². The standard InChI is InChI=1S/C18H21N3O4S/c22-18(14-9-11-26(23,24)12-14)21-10-5-4-8-15(21)17-19-16(20-25-17)13-6-2-1-3-7-13/h1-3,6-7,14-15H,4-5,8-12H2/t14-,15-/m0/s1. The molecule has 8 heteroatoms. The molecule has 0 aliphatic carbocycles. The van der Waals surface area contributed by atoms with Gasteiger partial charge in [0.2, 0.25) is 17.6 Å². The molecule has 1 aromatic carbocycles. The van der Waals surface area contributed by atoms with Gasteiger partial charge >= 0.3 is 0 Å². The molecule has 0 spiro atoms. The Morgan fingerprint density at radius 1 is 1.15 bits per heavy atom. The van der Waals surface area contributed by atoms with Crippen LogP contribution >= 0.6 is 0 Å². The molecule has 2 aliphatic rings. The average molecular weight is 375 g/mol. The molecule has 7 nitrogen and oxygen atoms in total. The van der Waals surface area contributed by atoms with Crippen molar-refractivity contribution in [2.75, 3.05) is 18.1 Å². The highest BCUT2D eigenvalue weighted by atomic mass is 32.2. The van der Waals surface area contributed by atoms with Crippen LogP contribution in [0.25, 0.3) is 11.4 Å². The highest BCUT2D eigenvalue weighted by Gasteiger charge is 2.40. The maximum absolute atomic E-state index is 12.9. The van der Waals surface area contributed by atoms with Crippen LogP contribution in [0.5, 0.6) is 0 Å². The van der Waals surface area contributed by atoms with Gasteiger partial charge in [0.25, 0.3) is 0 Å². The zero-order chi connectivity index (χ0) is 18.1. The first kappa shape index (κ1) is 17.2. The number of amides is 1. The molecule has 26 heavy (non-hydrogen) atoms. The van der Waals surface area contributed by atoms with E-state index in [0.29, 0.717) is 24.7 Å². The van der Waals surface area contributed by atoms with Gasteiger partial charge in [0, 0.05) is 12.1 Å². The Hall–Kier alpha value is -2.22. The first-order chi connectivity index (χ1) is 12.5. The smallest absolute Gasteiger partial charge is 0.249 e. The number of hydrogen-bond donors (Lipinski definition) is 0. The SMILES string of the molecule is O=C([C@H]1CCS(=O)(=O)C1)N1CCCC[C@H]1c1nc(-c2ccccc2)no1. The molecular formula is C18H21N3O4S. The number of benzene rings is 1. The quantitative estimate of drug-likeness (QED) is 0.817. The Bertz CT molecular complexity index is 894. The van der Waals surface area contributed by atoms with Crippen LogP contribution in [0.15, 0.2) is 34.9 Å². The molecule has 0 unspecified atom stereocenters. The molecule has 2 saturated heterocycles. The fraction of sp³-hybridized carbons (Fsp3) is 0.500. The minimum atomic E-state index is -3.09. The van der Waals surface area contributed by atoms with Crippen molar-refractivity contribution in [3.05, 3.63) is 36.2 Å². The van der Waals surface area contributed by atoms with Crippen LogP contribution in [0, 0.1) is 5.92 Å². The van der Waals surface area contributed by atoms with Crippen LogP contribution in [0.4, 0.5) is 0 Å². The summed E-state index contributed by atoms with van der Waals surface area (Å²) in [7, 11) is -3.09. The molecule has 2 fully saturated rings. The Balaban J connectivity index is 1.56. The van der Waals surface area contributed by atoms with Crippen molar-refractivity contribution in [2.24, 2.45) is 5.92 Å².